The van der Waals surface area contributed by atoms with Gasteiger partial charge in [-0.3, -0.25) is 10.1 Å². The highest BCUT2D eigenvalue weighted by atomic mass is 35.5. The van der Waals surface area contributed by atoms with Crippen LogP contribution in [0.3, 0.4) is 0 Å². The zero-order valence-corrected chi connectivity index (χ0v) is 12.7. The predicted molar refractivity (Wildman–Crippen MR) is 89.1 cm³/mol. The number of hydrogen-bond acceptors (Lipinski definition) is 3. The van der Waals surface area contributed by atoms with Crippen molar-refractivity contribution in [2.24, 2.45) is 0 Å². The summed E-state index contributed by atoms with van der Waals surface area (Å²) < 4.78 is 0. The first-order valence-electron chi connectivity index (χ1n) is 6.04. The van der Waals surface area contributed by atoms with Crippen molar-refractivity contribution in [3.63, 3.8) is 0 Å². The van der Waals surface area contributed by atoms with E-state index in [1.165, 1.54) is 12.1 Å². The first-order chi connectivity index (χ1) is 9.95. The van der Waals surface area contributed by atoms with E-state index in [1.54, 1.807) is 37.3 Å². The van der Waals surface area contributed by atoms with Gasteiger partial charge in [0, 0.05) is 28.5 Å². The third-order valence-electron chi connectivity index (χ3n) is 2.77. The maximum atomic E-state index is 10.7. The van der Waals surface area contributed by atoms with Gasteiger partial charge in [-0.1, -0.05) is 11.6 Å². The minimum Gasteiger partial charge on any atom is -0.332 e. The third kappa shape index (κ3) is 4.14. The molecule has 0 aliphatic rings. The second kappa shape index (κ2) is 6.51. The number of thiocarbonyl (C=S) groups is 1. The smallest absolute Gasteiger partial charge is 0.269 e. The Morgan fingerprint density at radius 2 is 1.86 bits per heavy atom. The third-order valence-corrected chi connectivity index (χ3v) is 3.23. The molecule has 0 spiro atoms. The summed E-state index contributed by atoms with van der Waals surface area (Å²) in [5.74, 6) is 0. The van der Waals surface area contributed by atoms with E-state index >= 15 is 0 Å². The van der Waals surface area contributed by atoms with Crippen LogP contribution in [0.2, 0.25) is 5.02 Å². The van der Waals surface area contributed by atoms with Crippen molar-refractivity contribution < 1.29 is 4.92 Å². The summed E-state index contributed by atoms with van der Waals surface area (Å²) in [7, 11) is 0. The van der Waals surface area contributed by atoms with Crippen molar-refractivity contribution in [2.45, 2.75) is 6.92 Å². The number of non-ortho nitro benzene ring substituents is 1. The molecule has 0 aliphatic heterocycles. The lowest BCUT2D eigenvalue weighted by molar-refractivity contribution is -0.384. The maximum Gasteiger partial charge on any atom is 0.269 e. The predicted octanol–water partition coefficient (Wildman–Crippen LogP) is 4.37. The Morgan fingerprint density at radius 1 is 1.19 bits per heavy atom. The zero-order chi connectivity index (χ0) is 15.4. The molecule has 0 aliphatic carbocycles. The van der Waals surface area contributed by atoms with Crippen molar-refractivity contribution in [3.8, 4) is 0 Å². The van der Waals surface area contributed by atoms with Crippen LogP contribution in [0.4, 0.5) is 17.1 Å². The molecular formula is C14H12ClN3O2S. The summed E-state index contributed by atoms with van der Waals surface area (Å²) in [5.41, 5.74) is 2.31. The van der Waals surface area contributed by atoms with Gasteiger partial charge in [0.2, 0.25) is 0 Å². The lowest BCUT2D eigenvalue weighted by Crippen LogP contribution is -2.19. The van der Waals surface area contributed by atoms with E-state index in [2.05, 4.69) is 10.6 Å². The second-order valence-electron chi connectivity index (χ2n) is 4.34. The molecule has 108 valence electrons. The molecule has 0 atom stereocenters. The van der Waals surface area contributed by atoms with Crippen molar-refractivity contribution in [1.82, 2.24) is 0 Å². The summed E-state index contributed by atoms with van der Waals surface area (Å²) in [6.07, 6.45) is 0. The van der Waals surface area contributed by atoms with Crippen LogP contribution in [-0.2, 0) is 0 Å². The highest BCUT2D eigenvalue weighted by Crippen LogP contribution is 2.21. The van der Waals surface area contributed by atoms with Crippen LogP contribution in [-0.4, -0.2) is 10.0 Å². The number of rotatable bonds is 3. The van der Waals surface area contributed by atoms with Crippen LogP contribution >= 0.6 is 23.8 Å². The fraction of sp³-hybridized carbons (Fsp3) is 0.0714. The molecule has 0 unspecified atom stereocenters. The van der Waals surface area contributed by atoms with E-state index in [1.807, 2.05) is 0 Å². The number of benzene rings is 2. The summed E-state index contributed by atoms with van der Waals surface area (Å²) >= 11 is 11.0. The first-order valence-corrected chi connectivity index (χ1v) is 6.83. The Balaban J connectivity index is 2.06. The van der Waals surface area contributed by atoms with Gasteiger partial charge < -0.3 is 10.6 Å². The highest BCUT2D eigenvalue weighted by Gasteiger charge is 2.08. The van der Waals surface area contributed by atoms with E-state index in [9.17, 15) is 10.1 Å². The van der Waals surface area contributed by atoms with Crippen LogP contribution < -0.4 is 10.6 Å². The van der Waals surface area contributed by atoms with Crippen LogP contribution in [0, 0.1) is 17.0 Å². The Morgan fingerprint density at radius 3 is 2.43 bits per heavy atom. The molecule has 2 aromatic rings. The molecule has 0 saturated carbocycles. The second-order valence-corrected chi connectivity index (χ2v) is 5.19. The SMILES string of the molecule is Cc1cc([N+](=O)[O-])ccc1NC(=S)Nc1ccc(Cl)cc1. The average molecular weight is 322 g/mol. The lowest BCUT2D eigenvalue weighted by Gasteiger charge is -2.12. The summed E-state index contributed by atoms with van der Waals surface area (Å²) in [5, 5.41) is 17.7. The molecule has 5 nitrogen and oxygen atoms in total. The Kier molecular flexibility index (Phi) is 4.72. The van der Waals surface area contributed by atoms with Gasteiger partial charge in [0.15, 0.2) is 5.11 Å². The van der Waals surface area contributed by atoms with Gasteiger partial charge in [0.25, 0.3) is 5.69 Å². The molecule has 21 heavy (non-hydrogen) atoms. The Hall–Kier alpha value is -2.18. The Bertz CT molecular complexity index is 689. The summed E-state index contributed by atoms with van der Waals surface area (Å²) in [4.78, 5) is 10.3. The van der Waals surface area contributed by atoms with Crippen LogP contribution in [0.5, 0.6) is 0 Å². The first kappa shape index (κ1) is 15.2. The average Bonchev–Trinajstić information content (AvgIpc) is 2.43. The highest BCUT2D eigenvalue weighted by molar-refractivity contribution is 7.80. The number of nitrogens with zero attached hydrogens (tertiary/aromatic N) is 1. The molecule has 0 fully saturated rings. The number of nitro groups is 1. The fourth-order valence-electron chi connectivity index (χ4n) is 1.72. The molecule has 0 heterocycles. The van der Waals surface area contributed by atoms with Crippen molar-refractivity contribution in [1.29, 1.82) is 0 Å². The molecule has 2 rings (SSSR count). The minimum absolute atomic E-state index is 0.0506. The molecule has 2 N–H and O–H groups in total. The number of nitro benzene ring substituents is 1. The molecule has 2 aromatic carbocycles. The van der Waals surface area contributed by atoms with E-state index in [0.717, 1.165) is 11.3 Å². The number of nitrogens with one attached hydrogen (secondary N) is 2. The van der Waals surface area contributed by atoms with Gasteiger partial charge in [0.1, 0.15) is 0 Å². The monoisotopic (exact) mass is 321 g/mol. The van der Waals surface area contributed by atoms with Crippen LogP contribution in [0.15, 0.2) is 42.5 Å². The van der Waals surface area contributed by atoms with Gasteiger partial charge in [-0.2, -0.15) is 0 Å². The van der Waals surface area contributed by atoms with Crippen molar-refractivity contribution in [3.05, 3.63) is 63.2 Å². The standard InChI is InChI=1S/C14H12ClN3O2S/c1-9-8-12(18(19)20)6-7-13(9)17-14(21)16-11-4-2-10(15)3-5-11/h2-8H,1H3,(H2,16,17,21). The largest absolute Gasteiger partial charge is 0.332 e. The topological polar surface area (TPSA) is 67.2 Å². The quantitative estimate of drug-likeness (QED) is 0.499. The number of hydrogen-bond donors (Lipinski definition) is 2. The molecule has 0 aromatic heterocycles. The Labute approximate surface area is 132 Å². The molecular weight excluding hydrogens is 310 g/mol. The molecule has 0 amide bonds. The molecule has 0 bridgehead atoms. The van der Waals surface area contributed by atoms with Crippen LogP contribution in [0.25, 0.3) is 0 Å². The zero-order valence-electron chi connectivity index (χ0n) is 11.1. The van der Waals surface area contributed by atoms with Crippen molar-refractivity contribution >= 4 is 46.0 Å². The molecule has 0 saturated heterocycles. The minimum atomic E-state index is -0.430. The lowest BCUT2D eigenvalue weighted by atomic mass is 10.2. The van der Waals surface area contributed by atoms with E-state index < -0.39 is 4.92 Å². The van der Waals surface area contributed by atoms with Gasteiger partial charge in [-0.15, -0.1) is 0 Å². The van der Waals surface area contributed by atoms with Crippen molar-refractivity contribution in [2.75, 3.05) is 10.6 Å². The van der Waals surface area contributed by atoms with E-state index in [4.69, 9.17) is 23.8 Å². The molecule has 7 heteroatoms. The number of aryl methyl sites for hydroxylation is 1. The van der Waals surface area contributed by atoms with Crippen LogP contribution in [0.1, 0.15) is 5.56 Å². The van der Waals surface area contributed by atoms with E-state index in [-0.39, 0.29) is 5.69 Å². The van der Waals surface area contributed by atoms with Gasteiger partial charge in [0.05, 0.1) is 4.92 Å². The van der Waals surface area contributed by atoms with E-state index in [0.29, 0.717) is 15.8 Å². The normalized spacial score (nSPS) is 10.0. The fourth-order valence-corrected chi connectivity index (χ4v) is 2.07. The number of halogens is 1. The van der Waals surface area contributed by atoms with Gasteiger partial charge in [-0.05, 0) is 55.0 Å². The maximum absolute atomic E-state index is 10.7. The van der Waals surface area contributed by atoms with Gasteiger partial charge in [-0.25, -0.2) is 0 Å². The number of anilines is 2. The molecule has 0 radical (unpaired) electrons. The van der Waals surface area contributed by atoms with Gasteiger partial charge >= 0.3 is 0 Å². The summed E-state index contributed by atoms with van der Waals surface area (Å²) in [6, 6.07) is 11.7. The summed E-state index contributed by atoms with van der Waals surface area (Å²) in [6.45, 7) is 1.78.